The number of nitrogens with two attached hydrogens (primary N) is 1. The molecule has 2 aliphatic heterocycles. The number of primary amides is 1. The van der Waals surface area contributed by atoms with Crippen LogP contribution in [0.5, 0.6) is 0 Å². The zero-order chi connectivity index (χ0) is 27.9. The highest BCUT2D eigenvalue weighted by molar-refractivity contribution is 5.96. The Hall–Kier alpha value is -3.55. The monoisotopic (exact) mass is 542 g/mol. The van der Waals surface area contributed by atoms with E-state index in [1.165, 1.54) is 23.3 Å². The maximum Gasteiger partial charge on any atom is 0.316 e. The summed E-state index contributed by atoms with van der Waals surface area (Å²) < 4.78 is 13.3. The highest BCUT2D eigenvalue weighted by atomic mass is 19.1. The van der Waals surface area contributed by atoms with Crippen molar-refractivity contribution in [2.45, 2.75) is 58.2 Å². The molecular weight excluding hydrogens is 503 g/mol. The molecule has 2 heterocycles. The van der Waals surface area contributed by atoms with Gasteiger partial charge in [0, 0.05) is 37.3 Å². The van der Waals surface area contributed by atoms with E-state index >= 15 is 0 Å². The molecule has 2 amide bonds. The normalized spacial score (nSPS) is 16.7. The number of urea groups is 1. The lowest BCUT2D eigenvalue weighted by Gasteiger charge is -2.32. The molecule has 0 bridgehead atoms. The Kier molecular flexibility index (Phi) is 9.24. The molecule has 0 unspecified atom stereocenters. The summed E-state index contributed by atoms with van der Waals surface area (Å²) in [6.07, 6.45) is 5.80. The molecule has 7 heteroatoms. The van der Waals surface area contributed by atoms with Gasteiger partial charge in [-0.15, -0.1) is 0 Å². The first-order chi connectivity index (χ1) is 19.4. The number of hydrogen-bond donors (Lipinski definition) is 2. The second kappa shape index (κ2) is 13.2. The number of Topliss-reactive ketones (excluding diaryl/α,β-unsaturated/α-hetero) is 1. The van der Waals surface area contributed by atoms with E-state index in [-0.39, 0.29) is 11.6 Å². The third kappa shape index (κ3) is 7.77. The number of nitrogens with zero attached hydrogens (tertiary/aromatic N) is 2. The van der Waals surface area contributed by atoms with E-state index in [2.05, 4.69) is 33.3 Å². The molecule has 2 aliphatic rings. The Morgan fingerprint density at radius 1 is 0.875 bits per heavy atom. The van der Waals surface area contributed by atoms with Crippen LogP contribution in [0.4, 0.5) is 14.9 Å². The van der Waals surface area contributed by atoms with E-state index in [1.54, 1.807) is 0 Å². The second-order valence-electron chi connectivity index (χ2n) is 11.3. The first kappa shape index (κ1) is 28.0. The number of nitrogens with one attached hydrogen (secondary N) is 1. The van der Waals surface area contributed by atoms with Gasteiger partial charge in [-0.05, 0) is 110 Å². The molecule has 0 spiro atoms. The molecule has 3 aromatic carbocycles. The molecule has 0 aromatic heterocycles. The maximum absolute atomic E-state index is 13.3. The number of aryl methyl sites for hydroxylation is 1. The molecule has 40 heavy (non-hydrogen) atoms. The number of benzene rings is 3. The van der Waals surface area contributed by atoms with Crippen molar-refractivity contribution in [2.75, 3.05) is 25.0 Å². The van der Waals surface area contributed by atoms with E-state index in [1.807, 2.05) is 36.4 Å². The highest BCUT2D eigenvalue weighted by Gasteiger charge is 2.22. The van der Waals surface area contributed by atoms with Gasteiger partial charge < -0.3 is 11.1 Å². The van der Waals surface area contributed by atoms with Gasteiger partial charge in [-0.3, -0.25) is 14.6 Å². The maximum atomic E-state index is 13.3. The molecule has 3 N–H and O–H groups in total. The van der Waals surface area contributed by atoms with E-state index in [0.717, 1.165) is 93.8 Å². The average Bonchev–Trinajstić information content (AvgIpc) is 3.15. The fourth-order valence-corrected chi connectivity index (χ4v) is 6.05. The van der Waals surface area contributed by atoms with Crippen LogP contribution in [0.1, 0.15) is 64.7 Å². The van der Waals surface area contributed by atoms with Crippen molar-refractivity contribution in [3.8, 4) is 0 Å². The summed E-state index contributed by atoms with van der Waals surface area (Å²) in [7, 11) is 0. The Balaban J connectivity index is 1.10. The van der Waals surface area contributed by atoms with Crippen LogP contribution in [0.15, 0.2) is 66.7 Å². The number of halogens is 1. The summed E-state index contributed by atoms with van der Waals surface area (Å²) in [6, 6.07) is 20.3. The predicted molar refractivity (Wildman–Crippen MR) is 156 cm³/mol. The first-order valence-corrected chi connectivity index (χ1v) is 14.4. The van der Waals surface area contributed by atoms with E-state index < -0.39 is 6.03 Å². The van der Waals surface area contributed by atoms with Crippen LogP contribution < -0.4 is 11.1 Å². The molecule has 3 aromatic rings. The number of hydrogen-bond acceptors (Lipinski definition) is 4. The number of carbonyl (C=O) groups excluding carboxylic acids is 2. The second-order valence-corrected chi connectivity index (χ2v) is 11.3. The first-order valence-electron chi connectivity index (χ1n) is 14.4. The highest BCUT2D eigenvalue weighted by Crippen LogP contribution is 2.26. The lowest BCUT2D eigenvalue weighted by Crippen LogP contribution is -2.33. The zero-order valence-electron chi connectivity index (χ0n) is 23.1. The lowest BCUT2D eigenvalue weighted by molar-refractivity contribution is 0.0961. The van der Waals surface area contributed by atoms with E-state index in [0.29, 0.717) is 12.3 Å². The number of piperidine rings is 1. The average molecular weight is 543 g/mol. The molecule has 210 valence electrons. The van der Waals surface area contributed by atoms with Gasteiger partial charge in [0.2, 0.25) is 0 Å². The smallest absolute Gasteiger partial charge is 0.316 e. The molecule has 0 radical (unpaired) electrons. The van der Waals surface area contributed by atoms with Gasteiger partial charge in [0.1, 0.15) is 5.82 Å². The van der Waals surface area contributed by atoms with Crippen molar-refractivity contribution in [3.63, 3.8) is 0 Å². The van der Waals surface area contributed by atoms with Crippen LogP contribution in [-0.2, 0) is 26.1 Å². The summed E-state index contributed by atoms with van der Waals surface area (Å²) >= 11 is 0. The number of carbonyl (C=O) groups is 2. The molecule has 5 rings (SSSR count). The number of likely N-dealkylation sites (tertiary alicyclic amines) is 1. The van der Waals surface area contributed by atoms with Crippen molar-refractivity contribution in [3.05, 3.63) is 100 Å². The fourth-order valence-electron chi connectivity index (χ4n) is 6.05. The largest absolute Gasteiger partial charge is 0.351 e. The van der Waals surface area contributed by atoms with E-state index in [9.17, 15) is 14.0 Å². The van der Waals surface area contributed by atoms with Crippen LogP contribution in [0.3, 0.4) is 0 Å². The summed E-state index contributed by atoms with van der Waals surface area (Å²) in [5.74, 6) is 0.592. The molecular formula is C33H39FN4O2. The SMILES string of the molecule is NC(=O)Nc1cccc(CN2CCC(CCC(=O)c3ccc4c(c3)CN(Cc3ccc(F)cc3)CCC4)CC2)c1. The van der Waals surface area contributed by atoms with Crippen molar-refractivity contribution >= 4 is 17.5 Å². The van der Waals surface area contributed by atoms with Crippen molar-refractivity contribution < 1.29 is 14.0 Å². The van der Waals surface area contributed by atoms with Crippen molar-refractivity contribution in [1.29, 1.82) is 0 Å². The Labute approximate surface area is 236 Å². The molecule has 6 nitrogen and oxygen atoms in total. The zero-order valence-corrected chi connectivity index (χ0v) is 23.1. The Morgan fingerprint density at radius 3 is 2.42 bits per heavy atom. The van der Waals surface area contributed by atoms with Gasteiger partial charge in [0.05, 0.1) is 0 Å². The van der Waals surface area contributed by atoms with E-state index in [4.69, 9.17) is 5.73 Å². The standard InChI is InChI=1S/C33H39FN4O2/c34-30-11-6-25(7-12-30)21-38-16-2-4-27-9-10-28(20-29(27)23-38)32(39)13-8-24-14-17-37(18-15-24)22-26-3-1-5-31(19-26)36-33(35)40/h1,3,5-7,9-12,19-20,24H,2,4,8,13-18,21-23H2,(H3,35,36,40). The summed E-state index contributed by atoms with van der Waals surface area (Å²) in [6.45, 7) is 5.45. The van der Waals surface area contributed by atoms with Crippen LogP contribution in [-0.4, -0.2) is 41.2 Å². The van der Waals surface area contributed by atoms with Gasteiger partial charge in [-0.2, -0.15) is 0 Å². The number of anilines is 1. The quantitative estimate of drug-likeness (QED) is 0.319. The number of rotatable bonds is 9. The molecule has 0 atom stereocenters. The Bertz CT molecular complexity index is 1320. The summed E-state index contributed by atoms with van der Waals surface area (Å²) in [5, 5.41) is 2.64. The Morgan fingerprint density at radius 2 is 1.65 bits per heavy atom. The molecule has 1 saturated heterocycles. The van der Waals surface area contributed by atoms with Crippen LogP contribution >= 0.6 is 0 Å². The number of amides is 2. The molecule has 0 aliphatic carbocycles. The third-order valence-electron chi connectivity index (χ3n) is 8.25. The molecule has 0 saturated carbocycles. The van der Waals surface area contributed by atoms with Gasteiger partial charge >= 0.3 is 6.03 Å². The third-order valence-corrected chi connectivity index (χ3v) is 8.25. The van der Waals surface area contributed by atoms with Crippen LogP contribution in [0, 0.1) is 11.7 Å². The van der Waals surface area contributed by atoms with Gasteiger partial charge in [0.15, 0.2) is 5.78 Å². The van der Waals surface area contributed by atoms with Crippen molar-refractivity contribution in [2.24, 2.45) is 11.7 Å². The topological polar surface area (TPSA) is 78.7 Å². The molecule has 1 fully saturated rings. The van der Waals surface area contributed by atoms with Crippen LogP contribution in [0.25, 0.3) is 0 Å². The number of ketones is 1. The minimum Gasteiger partial charge on any atom is -0.351 e. The minimum absolute atomic E-state index is 0.208. The fraction of sp³-hybridized carbons (Fsp3) is 0.394. The predicted octanol–water partition coefficient (Wildman–Crippen LogP) is 6.14. The summed E-state index contributed by atoms with van der Waals surface area (Å²) in [4.78, 5) is 29.1. The lowest BCUT2D eigenvalue weighted by atomic mass is 9.89. The van der Waals surface area contributed by atoms with Crippen molar-refractivity contribution in [1.82, 2.24) is 9.80 Å². The minimum atomic E-state index is -0.553. The number of fused-ring (bicyclic) bond motifs is 1. The van der Waals surface area contributed by atoms with Crippen LogP contribution in [0.2, 0.25) is 0 Å². The van der Waals surface area contributed by atoms with Gasteiger partial charge in [0.25, 0.3) is 0 Å². The summed E-state index contributed by atoms with van der Waals surface area (Å²) in [5.41, 5.74) is 11.6. The van der Waals surface area contributed by atoms with Gasteiger partial charge in [-0.25, -0.2) is 9.18 Å². The van der Waals surface area contributed by atoms with Gasteiger partial charge in [-0.1, -0.05) is 36.4 Å².